The third kappa shape index (κ3) is 75.6. The average molecular weight is 1680 g/mol. The molecular weight excluding hydrogens is 1520 g/mol. The predicted octanol–water partition coefficient (Wildman–Crippen LogP) is 2.93. The number of primary amides is 2. The fourth-order valence-electron chi connectivity index (χ4n) is 9.49. The number of amides is 9. The van der Waals surface area contributed by atoms with Gasteiger partial charge in [0.05, 0.1) is 98.2 Å². The van der Waals surface area contributed by atoms with E-state index in [9.17, 15) is 67.9 Å². The molecule has 0 saturated carbocycles. The zero-order chi connectivity index (χ0) is 87.0. The van der Waals surface area contributed by atoms with Gasteiger partial charge in [0.25, 0.3) is 0 Å². The maximum atomic E-state index is 13.5. The van der Waals surface area contributed by atoms with Crippen LogP contribution in [0, 0.1) is 0 Å². The number of nitrogens with zero attached hydrogens (tertiary/aromatic N) is 2. The molecule has 22 N–H and O–H groups in total. The van der Waals surface area contributed by atoms with Gasteiger partial charge in [0, 0.05) is 84.6 Å². The summed E-state index contributed by atoms with van der Waals surface area (Å²) in [6, 6.07) is -2.73. The first kappa shape index (κ1) is 120. The third-order valence-electron chi connectivity index (χ3n) is 16.4. The quantitative estimate of drug-likeness (QED) is 0.0104. The monoisotopic (exact) mass is 1680 g/mol. The van der Waals surface area contributed by atoms with Gasteiger partial charge < -0.3 is 105 Å². The van der Waals surface area contributed by atoms with Crippen LogP contribution in [0.4, 0.5) is 0 Å². The lowest BCUT2D eigenvalue weighted by molar-refractivity contribution is -0.129. The molecule has 0 aliphatic carbocycles. The van der Waals surface area contributed by atoms with E-state index in [-0.39, 0.29) is 205 Å². The highest BCUT2D eigenvalue weighted by Crippen LogP contribution is 2.36. The van der Waals surface area contributed by atoms with E-state index >= 15 is 0 Å². The number of unbranched alkanes of at least 4 members (excludes halogenated alkanes) is 3. The van der Waals surface area contributed by atoms with Crippen LogP contribution in [-0.2, 0) is 76.5 Å². The Balaban J connectivity index is -0.00000104. The maximum Gasteiger partial charge on any atom is 0.246 e. The highest BCUT2D eigenvalue weighted by Gasteiger charge is 2.41. The molecule has 36 nitrogen and oxygen atoms in total. The van der Waals surface area contributed by atoms with Crippen molar-refractivity contribution < 1.29 is 86.9 Å². The second-order valence-corrected chi connectivity index (χ2v) is 30.0. The number of ether oxygens (including phenoxy) is 4. The second kappa shape index (κ2) is 77.7. The van der Waals surface area contributed by atoms with Crippen molar-refractivity contribution in [1.29, 1.82) is 0 Å². The van der Waals surface area contributed by atoms with Crippen molar-refractivity contribution in [1.82, 2.24) is 63.8 Å². The lowest BCUT2D eigenvalue weighted by atomic mass is 9.98. The average Bonchev–Trinajstić information content (AvgIpc) is 1.67. The van der Waals surface area contributed by atoms with Crippen molar-refractivity contribution in [2.75, 3.05) is 137 Å². The van der Waals surface area contributed by atoms with Crippen molar-refractivity contribution in [3.05, 3.63) is 12.2 Å². The minimum atomic E-state index is -0.935. The molecule has 116 heavy (non-hydrogen) atoms. The SMILES string of the molecule is C.C.CC(=O)CN[C@@H](CCCCNC(=O)COCCOCCNC(=O)COCCOCCNC(=O)CCCC(=O)NCCCC[C@H](NC(=O)CCCC(=O)NC(CNC(C)(C)/C(C)=N/O)CNC(C)(C)/C(C)=N/O)C(=O)NCCCC[C@H](NCC(C)=O)C(N)=O)C(N)=O.CC(C)=O.CCC.CCCC1(SCCC=CCN)CN1.CCN. The van der Waals surface area contributed by atoms with Gasteiger partial charge in [0.1, 0.15) is 36.6 Å². The van der Waals surface area contributed by atoms with Crippen LogP contribution in [-0.4, -0.2) is 270 Å². The van der Waals surface area contributed by atoms with E-state index in [1.165, 1.54) is 59.3 Å². The van der Waals surface area contributed by atoms with E-state index in [2.05, 4.69) is 113 Å². The van der Waals surface area contributed by atoms with Crippen LogP contribution in [0.2, 0.25) is 0 Å². The first-order valence-corrected chi connectivity index (χ1v) is 41.1. The van der Waals surface area contributed by atoms with Gasteiger partial charge in [-0.3, -0.25) is 68.7 Å². The number of rotatable bonds is 65. The van der Waals surface area contributed by atoms with Crippen molar-refractivity contribution >= 4 is 93.7 Å². The molecule has 0 spiro atoms. The van der Waals surface area contributed by atoms with Crippen LogP contribution in [0.3, 0.4) is 0 Å². The maximum absolute atomic E-state index is 13.5. The molecule has 0 bridgehead atoms. The summed E-state index contributed by atoms with van der Waals surface area (Å²) in [7, 11) is 0. The van der Waals surface area contributed by atoms with Crippen LogP contribution in [0.1, 0.15) is 234 Å². The fraction of sp³-hybridized carbons (Fsp3) is 0.797. The van der Waals surface area contributed by atoms with Gasteiger partial charge in [-0.2, -0.15) is 0 Å². The van der Waals surface area contributed by atoms with E-state index in [0.717, 1.165) is 13.0 Å². The number of allylic oxidation sites excluding steroid dienone is 1. The summed E-state index contributed by atoms with van der Waals surface area (Å²) in [6.45, 7) is 30.3. The number of carbonyl (C=O) groups excluding carboxylic acids is 12. The molecule has 0 aromatic carbocycles. The van der Waals surface area contributed by atoms with Crippen molar-refractivity contribution in [2.45, 2.75) is 274 Å². The number of carbonyl (C=O) groups is 12. The standard InChI is InChI=1S/C59H109N15O17.C10H20N2S.C3H6O.C3H8.C2H7N.2CH4/c1-41(75)35-67-46(55(60)83)17-9-12-25-63-53(81)39-90-33-32-89-30-28-65-54(82)40-91-34-31-88-29-27-64-50(78)21-15-20-49(77)62-24-13-11-19-48(57(85)66-26-14-10-18-47(56(61)84)68-36-42(2)76)72-52(80)23-16-22-51(79)71-45(37-69-58(5,6)43(3)73-86)38-70-59(7,8)44(4)74-87;1-2-6-10(9-12-10)13-8-5-3-4-7-11;1-3(2)4;1-3-2;1-2-3;;/h45-48,67-70,86-87H,9-40H2,1-8H3,(H2,60,83)(H2,61,84)(H,62,77)(H,63,81)(H,64,78)(H,65,82)(H,66,85)(H,71,79)(H,72,80);3-4,12H,2,5-9,11H2,1H3;1-2H3;3H2,1-2H3;2-3H2,1H3;2*1H4/b73-43+,74-44+;;;;;;/t46-,47-,48-;;;;;;/m0....../s1. The Labute approximate surface area is 697 Å². The Morgan fingerprint density at radius 3 is 1.25 bits per heavy atom. The van der Waals surface area contributed by atoms with Crippen LogP contribution in [0.15, 0.2) is 22.5 Å². The molecule has 1 aliphatic rings. The highest BCUT2D eigenvalue weighted by atomic mass is 32.2. The minimum absolute atomic E-state index is 0. The summed E-state index contributed by atoms with van der Waals surface area (Å²) in [5.41, 5.74) is 20.5. The van der Waals surface area contributed by atoms with Gasteiger partial charge in [-0.1, -0.05) is 77.9 Å². The molecule has 678 valence electrons. The zero-order valence-electron chi connectivity index (χ0n) is 71.3. The molecule has 1 aliphatic heterocycles. The van der Waals surface area contributed by atoms with E-state index < -0.39 is 58.9 Å². The molecule has 1 unspecified atom stereocenters. The fourth-order valence-corrected chi connectivity index (χ4v) is 10.8. The number of Topliss-reactive ketones (excluding diaryl/α,β-unsaturated/α-hetero) is 3. The van der Waals surface area contributed by atoms with Crippen LogP contribution in [0.25, 0.3) is 0 Å². The number of hydrogen-bond acceptors (Lipinski definition) is 28. The number of hydrogen-bond donors (Lipinski definition) is 18. The Bertz CT molecular complexity index is 2730. The minimum Gasteiger partial charge on any atom is -0.411 e. The lowest BCUT2D eigenvalue weighted by Gasteiger charge is -2.32. The number of nitrogens with two attached hydrogens (primary N) is 4. The molecule has 1 saturated heterocycles. The molecular formula is C79H158N18O18S. The smallest absolute Gasteiger partial charge is 0.246 e. The predicted molar refractivity (Wildman–Crippen MR) is 460 cm³/mol. The number of oxime groups is 2. The first-order chi connectivity index (χ1) is 54.0. The number of nitrogens with one attached hydrogen (secondary N) is 12. The molecule has 4 atom stereocenters. The Kier molecular flexibility index (Phi) is 80.2. The Hall–Kier alpha value is -7.17. The summed E-state index contributed by atoms with van der Waals surface area (Å²) >= 11 is 2.06. The van der Waals surface area contributed by atoms with Crippen LogP contribution in [0.5, 0.6) is 0 Å². The molecule has 37 heteroatoms. The molecule has 0 aromatic heterocycles. The Morgan fingerprint density at radius 1 is 0.509 bits per heavy atom. The molecule has 0 aromatic rings. The first-order valence-electron chi connectivity index (χ1n) is 40.1. The van der Waals surface area contributed by atoms with E-state index in [1.807, 2.05) is 40.7 Å². The summed E-state index contributed by atoms with van der Waals surface area (Å²) in [6.07, 6.45) is 14.0. The summed E-state index contributed by atoms with van der Waals surface area (Å²) in [5, 5.41) is 60.5. The Morgan fingerprint density at radius 2 is 0.871 bits per heavy atom. The van der Waals surface area contributed by atoms with E-state index in [0.29, 0.717) is 87.2 Å². The normalized spacial score (nSPS) is 13.7. The van der Waals surface area contributed by atoms with E-state index in [4.69, 9.17) is 41.9 Å². The largest absolute Gasteiger partial charge is 0.411 e. The summed E-state index contributed by atoms with van der Waals surface area (Å²) < 4.78 is 21.5. The summed E-state index contributed by atoms with van der Waals surface area (Å²) in [5.74, 6) is -2.38. The number of thioether (sulfide) groups is 1. The molecule has 1 fully saturated rings. The van der Waals surface area contributed by atoms with Crippen molar-refractivity contribution in [2.24, 2.45) is 33.2 Å². The van der Waals surface area contributed by atoms with Crippen LogP contribution < -0.4 is 86.7 Å². The lowest BCUT2D eigenvalue weighted by Crippen LogP contribution is -2.57. The third-order valence-corrected chi connectivity index (χ3v) is 17.9. The van der Waals surface area contributed by atoms with E-state index in [1.54, 1.807) is 13.8 Å². The highest BCUT2D eigenvalue weighted by molar-refractivity contribution is 8.00. The van der Waals surface area contributed by atoms with Gasteiger partial charge in [0.2, 0.25) is 53.2 Å². The van der Waals surface area contributed by atoms with Gasteiger partial charge in [-0.05, 0) is 165 Å². The van der Waals surface area contributed by atoms with Crippen molar-refractivity contribution in [3.8, 4) is 0 Å². The van der Waals surface area contributed by atoms with Gasteiger partial charge in [-0.25, -0.2) is 0 Å². The van der Waals surface area contributed by atoms with Crippen LogP contribution >= 0.6 is 11.8 Å². The van der Waals surface area contributed by atoms with Gasteiger partial charge in [0.15, 0.2) is 0 Å². The second-order valence-electron chi connectivity index (χ2n) is 28.5. The summed E-state index contributed by atoms with van der Waals surface area (Å²) in [4.78, 5) is 145. The van der Waals surface area contributed by atoms with Gasteiger partial charge in [-0.15, -0.1) is 11.8 Å². The van der Waals surface area contributed by atoms with Gasteiger partial charge >= 0.3 is 0 Å². The molecule has 9 amide bonds. The number of ketones is 3. The topological polar surface area (TPSA) is 565 Å². The van der Waals surface area contributed by atoms with Crippen molar-refractivity contribution in [3.63, 3.8) is 0 Å². The molecule has 0 radical (unpaired) electrons. The zero-order valence-corrected chi connectivity index (χ0v) is 72.1. The molecule has 1 heterocycles. The molecule has 1 rings (SSSR count).